The molecule has 4 N–H and O–H groups in total. The molecule has 2 aliphatic rings. The van der Waals surface area contributed by atoms with E-state index in [0.717, 1.165) is 110 Å². The van der Waals surface area contributed by atoms with Gasteiger partial charge in [-0.2, -0.15) is 0 Å². The van der Waals surface area contributed by atoms with Gasteiger partial charge in [-0.05, 0) is 90.2 Å². The maximum Gasteiger partial charge on any atom is 0.328 e. The number of carboxylic acids is 1. The molecule has 8 heteroatoms. The van der Waals surface area contributed by atoms with Crippen LogP contribution in [0.5, 0.6) is 0 Å². The Kier molecular flexibility index (Phi) is 9.39. The fourth-order valence-electron chi connectivity index (χ4n) is 7.05. The average molecular weight is 708 g/mol. The standard InChI is InChI=1S/C46H37N5O3/c1-2-3-14-33-34-19-21-36(48-34)44(29-10-6-4-7-11-29)38-23-25-40(50-38)46(31-15-17-32(18-16-31)47-42(52)27-28-43(53)54)41-26-24-39(51-41)45(30-12-8-5-9-13-30)37-22-20-35(33)49-37/h4-13,15-28,48,51H,2-3,14H2,1H3,(H,47,52)(H,53,54)/b28-27+,34-33?,35-33?,44-36?,44-38?,45-37?,45-39?,46-40?,46-41?. The summed E-state index contributed by atoms with van der Waals surface area (Å²) in [5.74, 6) is -1.72. The van der Waals surface area contributed by atoms with Crippen LogP contribution in [0.1, 0.15) is 48.1 Å². The number of carboxylic acid groups (broad SMARTS) is 1. The first-order valence-electron chi connectivity index (χ1n) is 18.0. The van der Waals surface area contributed by atoms with Crippen molar-refractivity contribution in [3.05, 3.63) is 150 Å². The van der Waals surface area contributed by atoms with Crippen molar-refractivity contribution in [2.75, 3.05) is 5.32 Å². The van der Waals surface area contributed by atoms with Gasteiger partial charge in [0.1, 0.15) is 0 Å². The normalized spacial score (nSPS) is 12.0. The van der Waals surface area contributed by atoms with Gasteiger partial charge < -0.3 is 20.4 Å². The second kappa shape index (κ2) is 14.9. The number of aromatic amines is 2. The minimum Gasteiger partial charge on any atom is -0.478 e. The van der Waals surface area contributed by atoms with E-state index >= 15 is 0 Å². The maximum atomic E-state index is 12.3. The highest BCUT2D eigenvalue weighted by Gasteiger charge is 2.18. The third kappa shape index (κ3) is 6.92. The number of benzene rings is 3. The van der Waals surface area contributed by atoms with Crippen LogP contribution in [0.25, 0.3) is 79.8 Å². The third-order valence-corrected chi connectivity index (χ3v) is 9.59. The highest BCUT2D eigenvalue weighted by Crippen LogP contribution is 2.37. The Hall–Kier alpha value is -7.06. The van der Waals surface area contributed by atoms with E-state index in [0.29, 0.717) is 5.69 Å². The van der Waals surface area contributed by atoms with Gasteiger partial charge in [0.15, 0.2) is 0 Å². The molecule has 0 saturated heterocycles. The van der Waals surface area contributed by atoms with Crippen LogP contribution in [-0.2, 0) is 16.0 Å². The van der Waals surface area contributed by atoms with Crippen molar-refractivity contribution in [3.63, 3.8) is 0 Å². The minimum absolute atomic E-state index is 0.529. The molecule has 54 heavy (non-hydrogen) atoms. The number of nitrogens with one attached hydrogen (secondary N) is 3. The summed E-state index contributed by atoms with van der Waals surface area (Å²) in [6.45, 7) is 2.21. The van der Waals surface area contributed by atoms with Crippen molar-refractivity contribution in [1.29, 1.82) is 0 Å². The lowest BCUT2D eigenvalue weighted by Gasteiger charge is -2.08. The Labute approximate surface area is 312 Å². The minimum atomic E-state index is -1.19. The fourth-order valence-corrected chi connectivity index (χ4v) is 7.05. The smallest absolute Gasteiger partial charge is 0.328 e. The second-order valence-corrected chi connectivity index (χ2v) is 13.2. The number of rotatable bonds is 9. The molecule has 0 spiro atoms. The zero-order chi connectivity index (χ0) is 37.0. The van der Waals surface area contributed by atoms with Crippen molar-refractivity contribution in [2.24, 2.45) is 0 Å². The first-order chi connectivity index (χ1) is 26.4. The van der Waals surface area contributed by atoms with Gasteiger partial charge in [-0.15, -0.1) is 0 Å². The molecule has 8 rings (SSSR count). The number of aromatic nitrogens is 4. The summed E-state index contributed by atoms with van der Waals surface area (Å²) in [5, 5.41) is 11.6. The number of unbranched alkanes of at least 4 members (excludes halogenated alkanes) is 1. The Morgan fingerprint density at radius 3 is 1.57 bits per heavy atom. The van der Waals surface area contributed by atoms with Gasteiger partial charge in [0.25, 0.3) is 0 Å². The molecule has 2 aliphatic heterocycles. The number of amides is 1. The van der Waals surface area contributed by atoms with Gasteiger partial charge in [0.2, 0.25) is 5.91 Å². The van der Waals surface area contributed by atoms with Crippen LogP contribution in [-0.4, -0.2) is 36.9 Å². The third-order valence-electron chi connectivity index (χ3n) is 9.59. The van der Waals surface area contributed by atoms with E-state index in [1.807, 2.05) is 54.6 Å². The Morgan fingerprint density at radius 1 is 0.593 bits per heavy atom. The van der Waals surface area contributed by atoms with Gasteiger partial charge in [-0.3, -0.25) is 4.79 Å². The molecule has 0 atom stereocenters. The SMILES string of the molecule is CCCCc1c2nc(c(-c3ccccc3)c3ccc([nH]3)c(-c3ccc(NC(=O)/C=C/C(=O)O)cc3)c3nc(c(-c4ccccc4)c4ccc1[nH]4)C=C3)C=C2. The number of aryl methyl sites for hydroxylation is 1. The molecule has 0 aliphatic carbocycles. The lowest BCUT2D eigenvalue weighted by atomic mass is 10.0. The molecule has 0 unspecified atom stereocenters. The zero-order valence-corrected chi connectivity index (χ0v) is 29.6. The Morgan fingerprint density at radius 2 is 1.06 bits per heavy atom. The number of fused-ring (bicyclic) bond motifs is 8. The van der Waals surface area contributed by atoms with Gasteiger partial charge >= 0.3 is 5.97 Å². The fraction of sp³-hybridized carbons (Fsp3) is 0.0870. The first kappa shape index (κ1) is 34.0. The molecule has 8 bridgehead atoms. The van der Waals surface area contributed by atoms with E-state index in [9.17, 15) is 9.59 Å². The molecule has 5 heterocycles. The molecule has 3 aromatic carbocycles. The average Bonchev–Trinajstić information content (AvgIpc) is 4.03. The highest BCUT2D eigenvalue weighted by atomic mass is 16.4. The van der Waals surface area contributed by atoms with Gasteiger partial charge in [-0.25, -0.2) is 14.8 Å². The summed E-state index contributed by atoms with van der Waals surface area (Å²) in [5.41, 5.74) is 14.7. The predicted octanol–water partition coefficient (Wildman–Crippen LogP) is 10.6. The topological polar surface area (TPSA) is 124 Å². The molecule has 3 aromatic heterocycles. The number of hydrogen-bond donors (Lipinski definition) is 4. The van der Waals surface area contributed by atoms with Crippen LogP contribution < -0.4 is 5.32 Å². The van der Waals surface area contributed by atoms with E-state index in [1.165, 1.54) is 5.56 Å². The molecule has 0 fully saturated rings. The Bertz CT molecular complexity index is 2610. The lowest BCUT2D eigenvalue weighted by Crippen LogP contribution is -2.08. The molecule has 8 nitrogen and oxygen atoms in total. The summed E-state index contributed by atoms with van der Waals surface area (Å²) in [4.78, 5) is 41.4. The van der Waals surface area contributed by atoms with E-state index < -0.39 is 11.9 Å². The van der Waals surface area contributed by atoms with Crippen LogP contribution >= 0.6 is 0 Å². The summed E-state index contributed by atoms with van der Waals surface area (Å²) >= 11 is 0. The van der Waals surface area contributed by atoms with Gasteiger partial charge in [-0.1, -0.05) is 86.1 Å². The summed E-state index contributed by atoms with van der Waals surface area (Å²) in [6.07, 6.45) is 13.2. The Balaban J connectivity index is 1.44. The molecule has 1 amide bonds. The number of aliphatic carboxylic acids is 1. The predicted molar refractivity (Wildman–Crippen MR) is 219 cm³/mol. The van der Waals surface area contributed by atoms with Crippen LogP contribution in [0.2, 0.25) is 0 Å². The number of carbonyl (C=O) groups excluding carboxylic acids is 1. The molecule has 0 saturated carbocycles. The largest absolute Gasteiger partial charge is 0.478 e. The number of nitrogens with zero attached hydrogens (tertiary/aromatic N) is 2. The number of carbonyl (C=O) groups is 2. The van der Waals surface area contributed by atoms with Gasteiger partial charge in [0, 0.05) is 62.2 Å². The number of hydrogen-bond acceptors (Lipinski definition) is 4. The van der Waals surface area contributed by atoms with Crippen molar-refractivity contribution in [2.45, 2.75) is 26.2 Å². The van der Waals surface area contributed by atoms with Crippen molar-refractivity contribution >= 4 is 63.9 Å². The summed E-state index contributed by atoms with van der Waals surface area (Å²) in [6, 6.07) is 36.6. The van der Waals surface area contributed by atoms with Crippen molar-refractivity contribution < 1.29 is 14.7 Å². The number of H-pyrrole nitrogens is 2. The highest BCUT2D eigenvalue weighted by molar-refractivity contribution is 6.03. The summed E-state index contributed by atoms with van der Waals surface area (Å²) < 4.78 is 0. The van der Waals surface area contributed by atoms with E-state index in [1.54, 1.807) is 12.1 Å². The van der Waals surface area contributed by atoms with E-state index in [2.05, 4.69) is 89.0 Å². The second-order valence-electron chi connectivity index (χ2n) is 13.2. The van der Waals surface area contributed by atoms with Crippen LogP contribution in [0.15, 0.2) is 121 Å². The van der Waals surface area contributed by atoms with Crippen molar-refractivity contribution in [3.8, 4) is 33.4 Å². The van der Waals surface area contributed by atoms with E-state index in [-0.39, 0.29) is 0 Å². The number of anilines is 1. The lowest BCUT2D eigenvalue weighted by molar-refractivity contribution is -0.131. The molecule has 0 radical (unpaired) electrons. The van der Waals surface area contributed by atoms with E-state index in [4.69, 9.17) is 15.1 Å². The molecular formula is C46H37N5O3. The monoisotopic (exact) mass is 707 g/mol. The maximum absolute atomic E-state index is 12.3. The molecule has 6 aromatic rings. The van der Waals surface area contributed by atoms with Crippen LogP contribution in [0, 0.1) is 0 Å². The van der Waals surface area contributed by atoms with Crippen LogP contribution in [0.3, 0.4) is 0 Å². The summed E-state index contributed by atoms with van der Waals surface area (Å²) in [7, 11) is 0. The zero-order valence-electron chi connectivity index (χ0n) is 29.6. The quantitative estimate of drug-likeness (QED) is 0.111. The van der Waals surface area contributed by atoms with Crippen molar-refractivity contribution in [1.82, 2.24) is 19.9 Å². The molecule has 264 valence electrons. The van der Waals surface area contributed by atoms with Crippen LogP contribution in [0.4, 0.5) is 5.69 Å². The van der Waals surface area contributed by atoms with Gasteiger partial charge in [0.05, 0.1) is 22.8 Å². The first-order valence-corrected chi connectivity index (χ1v) is 18.0. The molecular weight excluding hydrogens is 671 g/mol.